The zero-order chi connectivity index (χ0) is 13.0. The van der Waals surface area contributed by atoms with E-state index in [1.54, 1.807) is 0 Å². The van der Waals surface area contributed by atoms with Gasteiger partial charge in [0.25, 0.3) is 5.89 Å². The van der Waals surface area contributed by atoms with E-state index in [0.717, 1.165) is 25.3 Å². The van der Waals surface area contributed by atoms with E-state index in [0.29, 0.717) is 18.4 Å². The van der Waals surface area contributed by atoms with E-state index in [2.05, 4.69) is 15.5 Å². The Morgan fingerprint density at radius 1 is 1.44 bits per heavy atom. The van der Waals surface area contributed by atoms with Gasteiger partial charge in [0.2, 0.25) is 0 Å². The molecule has 0 bridgehead atoms. The first-order valence-electron chi connectivity index (χ1n) is 6.69. The number of hydrogen-bond donors (Lipinski definition) is 1. The van der Waals surface area contributed by atoms with Gasteiger partial charge in [0.05, 0.1) is 5.60 Å². The van der Waals surface area contributed by atoms with E-state index in [1.165, 1.54) is 12.8 Å². The van der Waals surface area contributed by atoms with Crippen molar-refractivity contribution in [3.63, 3.8) is 0 Å². The molecule has 1 aromatic rings. The largest absolute Gasteiger partial charge is 0.366 e. The molecule has 2 heterocycles. The first-order chi connectivity index (χ1) is 8.53. The van der Waals surface area contributed by atoms with Crippen molar-refractivity contribution in [1.29, 1.82) is 0 Å². The Kier molecular flexibility index (Phi) is 4.35. The fourth-order valence-electron chi connectivity index (χ4n) is 2.07. The number of piperidine rings is 1. The lowest BCUT2D eigenvalue weighted by Gasteiger charge is -2.21. The van der Waals surface area contributed by atoms with Crippen LogP contribution in [-0.4, -0.2) is 28.8 Å². The second-order valence-corrected chi connectivity index (χ2v) is 5.92. The normalized spacial score (nSPS) is 21.2. The molecule has 1 unspecified atom stereocenters. The lowest BCUT2D eigenvalue weighted by atomic mass is 9.96. The van der Waals surface area contributed by atoms with Gasteiger partial charge in [-0.05, 0) is 52.6 Å². The van der Waals surface area contributed by atoms with Crippen LogP contribution in [0, 0.1) is 5.92 Å². The predicted molar refractivity (Wildman–Crippen MR) is 68.1 cm³/mol. The number of aromatic nitrogens is 2. The van der Waals surface area contributed by atoms with Crippen molar-refractivity contribution in [2.75, 3.05) is 13.1 Å². The third-order valence-electron chi connectivity index (χ3n) is 3.01. The van der Waals surface area contributed by atoms with Crippen molar-refractivity contribution in [2.24, 2.45) is 5.92 Å². The zero-order valence-corrected chi connectivity index (χ0v) is 11.5. The Morgan fingerprint density at radius 3 is 2.94 bits per heavy atom. The summed E-state index contributed by atoms with van der Waals surface area (Å²) in [5, 5.41) is 7.41. The molecule has 102 valence electrons. The average Bonchev–Trinajstić information content (AvgIpc) is 2.75. The van der Waals surface area contributed by atoms with Gasteiger partial charge in [-0.15, -0.1) is 0 Å². The molecule has 0 amide bonds. The Hall–Kier alpha value is -0.940. The van der Waals surface area contributed by atoms with Crippen LogP contribution in [0.4, 0.5) is 0 Å². The van der Waals surface area contributed by atoms with Crippen molar-refractivity contribution in [1.82, 2.24) is 15.5 Å². The van der Waals surface area contributed by atoms with Crippen LogP contribution in [0.15, 0.2) is 4.52 Å². The summed E-state index contributed by atoms with van der Waals surface area (Å²) >= 11 is 0. The smallest absolute Gasteiger partial charge is 0.252 e. The molecule has 0 spiro atoms. The van der Waals surface area contributed by atoms with E-state index in [9.17, 15) is 0 Å². The van der Waals surface area contributed by atoms with Gasteiger partial charge in [-0.25, -0.2) is 0 Å². The molecular formula is C13H23N3O2. The van der Waals surface area contributed by atoms with Crippen LogP contribution < -0.4 is 5.32 Å². The average molecular weight is 253 g/mol. The molecule has 0 aromatic carbocycles. The highest BCUT2D eigenvalue weighted by Gasteiger charge is 2.18. The Balaban J connectivity index is 1.82. The molecule has 1 saturated heterocycles. The van der Waals surface area contributed by atoms with Crippen LogP contribution in [0.1, 0.15) is 45.3 Å². The third kappa shape index (κ3) is 4.38. The zero-order valence-electron chi connectivity index (χ0n) is 11.5. The molecule has 1 atom stereocenters. The number of rotatable bonds is 4. The lowest BCUT2D eigenvalue weighted by Crippen LogP contribution is -2.31. The van der Waals surface area contributed by atoms with Crippen LogP contribution in [0.2, 0.25) is 0 Å². The molecule has 0 radical (unpaired) electrons. The van der Waals surface area contributed by atoms with Crippen LogP contribution in [0.3, 0.4) is 0 Å². The minimum Gasteiger partial charge on any atom is -0.366 e. The summed E-state index contributed by atoms with van der Waals surface area (Å²) < 4.78 is 10.8. The molecule has 1 aromatic heterocycles. The summed E-state index contributed by atoms with van der Waals surface area (Å²) in [5.74, 6) is 2.01. The monoisotopic (exact) mass is 253 g/mol. The van der Waals surface area contributed by atoms with Crippen molar-refractivity contribution in [3.05, 3.63) is 11.7 Å². The minimum atomic E-state index is -0.179. The lowest BCUT2D eigenvalue weighted by molar-refractivity contribution is -0.0260. The number of ether oxygens (including phenoxy) is 1. The highest BCUT2D eigenvalue weighted by Crippen LogP contribution is 2.15. The molecular weight excluding hydrogens is 230 g/mol. The van der Waals surface area contributed by atoms with Gasteiger partial charge in [0, 0.05) is 6.42 Å². The van der Waals surface area contributed by atoms with Gasteiger partial charge < -0.3 is 14.6 Å². The Morgan fingerprint density at radius 2 is 2.28 bits per heavy atom. The summed E-state index contributed by atoms with van der Waals surface area (Å²) in [6.45, 7) is 8.61. The van der Waals surface area contributed by atoms with E-state index in [4.69, 9.17) is 9.26 Å². The molecule has 2 rings (SSSR count). The van der Waals surface area contributed by atoms with Gasteiger partial charge in [-0.2, -0.15) is 4.98 Å². The van der Waals surface area contributed by atoms with Crippen LogP contribution in [-0.2, 0) is 17.8 Å². The first kappa shape index (κ1) is 13.5. The molecule has 18 heavy (non-hydrogen) atoms. The van der Waals surface area contributed by atoms with Gasteiger partial charge in [0.15, 0.2) is 5.82 Å². The molecule has 1 aliphatic heterocycles. The molecule has 5 heteroatoms. The summed E-state index contributed by atoms with van der Waals surface area (Å²) in [4.78, 5) is 4.38. The number of nitrogens with zero attached hydrogens (tertiary/aromatic N) is 2. The van der Waals surface area contributed by atoms with Crippen molar-refractivity contribution >= 4 is 0 Å². The minimum absolute atomic E-state index is 0.179. The van der Waals surface area contributed by atoms with Gasteiger partial charge in [-0.1, -0.05) is 5.16 Å². The van der Waals surface area contributed by atoms with E-state index in [-0.39, 0.29) is 5.60 Å². The first-order valence-corrected chi connectivity index (χ1v) is 6.69. The highest BCUT2D eigenvalue weighted by molar-refractivity contribution is 4.89. The molecule has 0 saturated carbocycles. The SMILES string of the molecule is CC(C)(C)OCc1nc(CC2CCCNC2)no1. The van der Waals surface area contributed by atoms with Gasteiger partial charge in [-0.3, -0.25) is 0 Å². The number of hydrogen-bond acceptors (Lipinski definition) is 5. The predicted octanol–water partition coefficient (Wildman–Crippen LogP) is 1.93. The third-order valence-corrected chi connectivity index (χ3v) is 3.01. The maximum atomic E-state index is 5.61. The molecule has 0 aliphatic carbocycles. The van der Waals surface area contributed by atoms with Crippen LogP contribution in [0.5, 0.6) is 0 Å². The summed E-state index contributed by atoms with van der Waals surface area (Å²) in [6.07, 6.45) is 3.38. The topological polar surface area (TPSA) is 60.2 Å². The molecule has 1 aliphatic rings. The highest BCUT2D eigenvalue weighted by atomic mass is 16.5. The molecule has 1 N–H and O–H groups in total. The second kappa shape index (κ2) is 5.80. The number of nitrogens with one attached hydrogen (secondary N) is 1. The Bertz CT molecular complexity index is 365. The van der Waals surface area contributed by atoms with E-state index in [1.807, 2.05) is 20.8 Å². The maximum absolute atomic E-state index is 5.61. The second-order valence-electron chi connectivity index (χ2n) is 5.92. The summed E-state index contributed by atoms with van der Waals surface area (Å²) in [6, 6.07) is 0. The molecule has 1 fully saturated rings. The van der Waals surface area contributed by atoms with Crippen LogP contribution >= 0.6 is 0 Å². The summed E-state index contributed by atoms with van der Waals surface area (Å²) in [7, 11) is 0. The maximum Gasteiger partial charge on any atom is 0.252 e. The fourth-order valence-corrected chi connectivity index (χ4v) is 2.07. The van der Waals surface area contributed by atoms with Crippen molar-refractivity contribution < 1.29 is 9.26 Å². The van der Waals surface area contributed by atoms with Crippen LogP contribution in [0.25, 0.3) is 0 Å². The van der Waals surface area contributed by atoms with Crippen molar-refractivity contribution in [2.45, 2.75) is 52.2 Å². The van der Waals surface area contributed by atoms with Crippen molar-refractivity contribution in [3.8, 4) is 0 Å². The van der Waals surface area contributed by atoms with Gasteiger partial charge >= 0.3 is 0 Å². The van der Waals surface area contributed by atoms with Gasteiger partial charge in [0.1, 0.15) is 6.61 Å². The quantitative estimate of drug-likeness (QED) is 0.888. The Labute approximate surface area is 108 Å². The summed E-state index contributed by atoms with van der Waals surface area (Å²) in [5.41, 5.74) is -0.179. The fraction of sp³-hybridized carbons (Fsp3) is 0.846. The standard InChI is InChI=1S/C13H23N3O2/c1-13(2,3)17-9-12-15-11(16-18-12)7-10-5-4-6-14-8-10/h10,14H,4-9H2,1-3H3. The molecule has 5 nitrogen and oxygen atoms in total. The van der Waals surface area contributed by atoms with E-state index >= 15 is 0 Å². The van der Waals surface area contributed by atoms with E-state index < -0.39 is 0 Å².